The summed E-state index contributed by atoms with van der Waals surface area (Å²) >= 11 is 1.63. The second-order valence-corrected chi connectivity index (χ2v) is 5.02. The molecule has 9 heteroatoms. The molecule has 0 unspecified atom stereocenters. The standard InChI is InChI=1S/C12H15N5O3S/c18-11(19)10-7-17(16-15-10)5-4-14-12(20)13-3-1-9-2-6-21-8-9/h2,6-8H,1,3-5H2,(H,18,19)(H2,13,14,20). The number of hydrogen-bond acceptors (Lipinski definition) is 5. The van der Waals surface area contributed by atoms with Crippen LogP contribution in [0, 0.1) is 0 Å². The maximum atomic E-state index is 11.5. The molecule has 2 aromatic rings. The number of nitrogens with one attached hydrogen (secondary N) is 2. The van der Waals surface area contributed by atoms with Crippen molar-refractivity contribution in [1.29, 1.82) is 0 Å². The zero-order valence-corrected chi connectivity index (χ0v) is 12.0. The number of urea groups is 1. The number of hydrogen-bond donors (Lipinski definition) is 3. The number of amides is 2. The van der Waals surface area contributed by atoms with Crippen molar-refractivity contribution in [3.63, 3.8) is 0 Å². The second kappa shape index (κ2) is 7.39. The molecule has 0 spiro atoms. The van der Waals surface area contributed by atoms with E-state index in [9.17, 15) is 9.59 Å². The molecule has 8 nitrogen and oxygen atoms in total. The van der Waals surface area contributed by atoms with Crippen LogP contribution < -0.4 is 10.6 Å². The number of thiophene rings is 1. The van der Waals surface area contributed by atoms with Crippen molar-refractivity contribution in [3.05, 3.63) is 34.3 Å². The molecule has 21 heavy (non-hydrogen) atoms. The molecule has 2 rings (SSSR count). The number of nitrogens with zero attached hydrogens (tertiary/aromatic N) is 3. The van der Waals surface area contributed by atoms with Crippen molar-refractivity contribution in [2.75, 3.05) is 13.1 Å². The van der Waals surface area contributed by atoms with Crippen LogP contribution in [0.3, 0.4) is 0 Å². The number of aromatic carboxylic acids is 1. The van der Waals surface area contributed by atoms with Crippen LogP contribution in [0.2, 0.25) is 0 Å². The van der Waals surface area contributed by atoms with Gasteiger partial charge in [-0.25, -0.2) is 14.3 Å². The first-order chi connectivity index (χ1) is 10.1. The van der Waals surface area contributed by atoms with Gasteiger partial charge >= 0.3 is 12.0 Å². The molecule has 112 valence electrons. The molecule has 2 aromatic heterocycles. The van der Waals surface area contributed by atoms with E-state index < -0.39 is 5.97 Å². The number of carboxylic acids is 1. The topological polar surface area (TPSA) is 109 Å². The maximum absolute atomic E-state index is 11.5. The summed E-state index contributed by atoms with van der Waals surface area (Å²) in [6.45, 7) is 1.26. The molecule has 0 atom stereocenters. The van der Waals surface area contributed by atoms with E-state index in [1.165, 1.54) is 16.4 Å². The van der Waals surface area contributed by atoms with Gasteiger partial charge in [0.2, 0.25) is 0 Å². The predicted molar refractivity (Wildman–Crippen MR) is 76.4 cm³/mol. The lowest BCUT2D eigenvalue weighted by Gasteiger charge is -2.06. The Labute approximate surface area is 124 Å². The lowest BCUT2D eigenvalue weighted by atomic mass is 10.2. The van der Waals surface area contributed by atoms with Gasteiger partial charge in [0.05, 0.1) is 12.7 Å². The van der Waals surface area contributed by atoms with Crippen LogP contribution in [0.15, 0.2) is 23.0 Å². The first kappa shape index (κ1) is 15.0. The second-order valence-electron chi connectivity index (χ2n) is 4.24. The van der Waals surface area contributed by atoms with Crippen LogP contribution >= 0.6 is 11.3 Å². The summed E-state index contributed by atoms with van der Waals surface area (Å²) in [5.41, 5.74) is 1.08. The third-order valence-electron chi connectivity index (χ3n) is 2.66. The lowest BCUT2D eigenvalue weighted by Crippen LogP contribution is -2.38. The summed E-state index contributed by atoms with van der Waals surface area (Å²) in [7, 11) is 0. The summed E-state index contributed by atoms with van der Waals surface area (Å²) < 4.78 is 1.37. The van der Waals surface area contributed by atoms with Gasteiger partial charge in [0.1, 0.15) is 0 Å². The Bertz CT molecular complexity index is 596. The van der Waals surface area contributed by atoms with Crippen LogP contribution in [0.5, 0.6) is 0 Å². The van der Waals surface area contributed by atoms with Gasteiger partial charge in [0.15, 0.2) is 5.69 Å². The molecule has 3 N–H and O–H groups in total. The zero-order chi connectivity index (χ0) is 15.1. The van der Waals surface area contributed by atoms with E-state index in [0.717, 1.165) is 6.42 Å². The minimum absolute atomic E-state index is 0.116. The smallest absolute Gasteiger partial charge is 0.358 e. The Morgan fingerprint density at radius 2 is 2.14 bits per heavy atom. The largest absolute Gasteiger partial charge is 0.476 e. The number of carbonyl (C=O) groups excluding carboxylic acids is 1. The van der Waals surface area contributed by atoms with Crippen molar-refractivity contribution >= 4 is 23.3 Å². The zero-order valence-electron chi connectivity index (χ0n) is 11.2. The third kappa shape index (κ3) is 4.88. The fraction of sp³-hybridized carbons (Fsp3) is 0.333. The number of carboxylic acid groups (broad SMARTS) is 1. The van der Waals surface area contributed by atoms with E-state index in [0.29, 0.717) is 19.6 Å². The van der Waals surface area contributed by atoms with E-state index in [4.69, 9.17) is 5.11 Å². The van der Waals surface area contributed by atoms with Gasteiger partial charge in [-0.1, -0.05) is 5.21 Å². The number of carbonyl (C=O) groups is 2. The summed E-state index contributed by atoms with van der Waals surface area (Å²) in [4.78, 5) is 22.1. The molecule has 0 aromatic carbocycles. The van der Waals surface area contributed by atoms with Gasteiger partial charge in [0.25, 0.3) is 0 Å². The van der Waals surface area contributed by atoms with Gasteiger partial charge < -0.3 is 15.7 Å². The minimum atomic E-state index is -1.12. The molecule has 0 aliphatic rings. The predicted octanol–water partition coefficient (Wildman–Crippen LogP) is 0.580. The average Bonchev–Trinajstić information content (AvgIpc) is 3.09. The van der Waals surface area contributed by atoms with Gasteiger partial charge in [-0.15, -0.1) is 5.10 Å². The SMILES string of the molecule is O=C(NCCc1ccsc1)NCCn1cc(C(=O)O)nn1. The first-order valence-electron chi connectivity index (χ1n) is 6.31. The highest BCUT2D eigenvalue weighted by Gasteiger charge is 2.08. The monoisotopic (exact) mass is 309 g/mol. The fourth-order valence-corrected chi connectivity index (χ4v) is 2.31. The molecule has 0 saturated carbocycles. The van der Waals surface area contributed by atoms with E-state index in [1.807, 2.05) is 16.8 Å². The van der Waals surface area contributed by atoms with Crippen LogP contribution in [0.4, 0.5) is 4.79 Å². The average molecular weight is 309 g/mol. The molecule has 0 saturated heterocycles. The quantitative estimate of drug-likeness (QED) is 0.693. The Morgan fingerprint density at radius 3 is 2.81 bits per heavy atom. The van der Waals surface area contributed by atoms with E-state index >= 15 is 0 Å². The van der Waals surface area contributed by atoms with E-state index in [1.54, 1.807) is 11.3 Å². The Kier molecular flexibility index (Phi) is 5.27. The van der Waals surface area contributed by atoms with Crippen molar-refractivity contribution in [3.8, 4) is 0 Å². The molecular weight excluding hydrogens is 294 g/mol. The Balaban J connectivity index is 1.61. The molecule has 0 bridgehead atoms. The highest BCUT2D eigenvalue weighted by molar-refractivity contribution is 7.07. The Morgan fingerprint density at radius 1 is 1.33 bits per heavy atom. The van der Waals surface area contributed by atoms with Crippen molar-refractivity contribution in [2.24, 2.45) is 0 Å². The van der Waals surface area contributed by atoms with E-state index in [-0.39, 0.29) is 11.7 Å². The Hall–Kier alpha value is -2.42. The van der Waals surface area contributed by atoms with Gasteiger partial charge in [-0.3, -0.25) is 0 Å². The van der Waals surface area contributed by atoms with Gasteiger partial charge in [0, 0.05) is 13.1 Å². The van der Waals surface area contributed by atoms with Crippen LogP contribution in [-0.2, 0) is 13.0 Å². The molecule has 0 radical (unpaired) electrons. The summed E-state index contributed by atoms with van der Waals surface area (Å²) in [5, 5.41) is 25.3. The van der Waals surface area contributed by atoms with Crippen molar-refractivity contribution in [1.82, 2.24) is 25.6 Å². The minimum Gasteiger partial charge on any atom is -0.476 e. The normalized spacial score (nSPS) is 10.3. The third-order valence-corrected chi connectivity index (χ3v) is 3.40. The fourth-order valence-electron chi connectivity index (χ4n) is 1.61. The summed E-state index contributed by atoms with van der Waals surface area (Å²) in [6, 6.07) is 1.76. The summed E-state index contributed by atoms with van der Waals surface area (Å²) in [5.74, 6) is -1.12. The number of aromatic nitrogens is 3. The van der Waals surface area contributed by atoms with Crippen molar-refractivity contribution in [2.45, 2.75) is 13.0 Å². The highest BCUT2D eigenvalue weighted by Crippen LogP contribution is 2.05. The molecule has 0 fully saturated rings. The number of rotatable bonds is 7. The van der Waals surface area contributed by atoms with Gasteiger partial charge in [-0.2, -0.15) is 11.3 Å². The highest BCUT2D eigenvalue weighted by atomic mass is 32.1. The van der Waals surface area contributed by atoms with Crippen LogP contribution in [0.1, 0.15) is 16.1 Å². The lowest BCUT2D eigenvalue weighted by molar-refractivity contribution is 0.0690. The van der Waals surface area contributed by atoms with E-state index in [2.05, 4.69) is 20.9 Å². The van der Waals surface area contributed by atoms with Crippen LogP contribution in [-0.4, -0.2) is 45.2 Å². The molecule has 0 aliphatic heterocycles. The summed E-state index contributed by atoms with van der Waals surface area (Å²) in [6.07, 6.45) is 2.11. The van der Waals surface area contributed by atoms with Gasteiger partial charge in [-0.05, 0) is 28.8 Å². The molecule has 2 amide bonds. The first-order valence-corrected chi connectivity index (χ1v) is 7.25. The maximum Gasteiger partial charge on any atom is 0.358 e. The van der Waals surface area contributed by atoms with Crippen LogP contribution in [0.25, 0.3) is 0 Å². The molecule has 0 aliphatic carbocycles. The van der Waals surface area contributed by atoms with Crippen molar-refractivity contribution < 1.29 is 14.7 Å². The molecular formula is C12H15N5O3S. The molecule has 2 heterocycles.